The lowest BCUT2D eigenvalue weighted by molar-refractivity contribution is -0.132. The van der Waals surface area contributed by atoms with Gasteiger partial charge in [0.25, 0.3) is 0 Å². The van der Waals surface area contributed by atoms with Crippen LogP contribution in [0.5, 0.6) is 0 Å². The summed E-state index contributed by atoms with van der Waals surface area (Å²) in [5.41, 5.74) is 0. The molecule has 0 atom stereocenters. The lowest BCUT2D eigenvalue weighted by Crippen LogP contribution is -2.40. The van der Waals surface area contributed by atoms with Crippen LogP contribution >= 0.6 is 0 Å². The molecule has 0 aromatic rings. The SMILES string of the molecule is CCNCC1CCN(C(=O)CCC2CCCCC2)CC1. The summed E-state index contributed by atoms with van der Waals surface area (Å²) in [7, 11) is 0. The summed E-state index contributed by atoms with van der Waals surface area (Å²) in [6.07, 6.45) is 11.2. The van der Waals surface area contributed by atoms with Gasteiger partial charge in [-0.05, 0) is 44.2 Å². The number of hydrogen-bond acceptors (Lipinski definition) is 2. The first-order chi connectivity index (χ1) is 9.79. The Morgan fingerprint density at radius 1 is 1.05 bits per heavy atom. The van der Waals surface area contributed by atoms with Crippen LogP contribution in [0.1, 0.15) is 64.7 Å². The van der Waals surface area contributed by atoms with E-state index in [1.807, 2.05) is 0 Å². The second-order valence-corrected chi connectivity index (χ2v) is 6.67. The summed E-state index contributed by atoms with van der Waals surface area (Å²) < 4.78 is 0. The zero-order valence-electron chi connectivity index (χ0n) is 13.2. The molecule has 0 spiro atoms. The van der Waals surface area contributed by atoms with Gasteiger partial charge in [-0.15, -0.1) is 0 Å². The van der Waals surface area contributed by atoms with Crippen molar-refractivity contribution in [1.29, 1.82) is 0 Å². The maximum Gasteiger partial charge on any atom is 0.222 e. The number of nitrogens with one attached hydrogen (secondary N) is 1. The predicted octanol–water partition coefficient (Wildman–Crippen LogP) is 3.20. The van der Waals surface area contributed by atoms with E-state index < -0.39 is 0 Å². The van der Waals surface area contributed by atoms with Gasteiger partial charge in [-0.3, -0.25) is 4.79 Å². The second-order valence-electron chi connectivity index (χ2n) is 6.67. The Morgan fingerprint density at radius 2 is 1.75 bits per heavy atom. The minimum absolute atomic E-state index is 0.414. The van der Waals surface area contributed by atoms with Crippen molar-refractivity contribution >= 4 is 5.91 Å². The molecule has 2 fully saturated rings. The van der Waals surface area contributed by atoms with E-state index in [0.29, 0.717) is 5.91 Å². The summed E-state index contributed by atoms with van der Waals surface area (Å²) in [4.78, 5) is 14.4. The van der Waals surface area contributed by atoms with Crippen molar-refractivity contribution in [2.24, 2.45) is 11.8 Å². The minimum Gasteiger partial charge on any atom is -0.343 e. The fourth-order valence-electron chi connectivity index (χ4n) is 3.70. The Kier molecular flexibility index (Phi) is 6.85. The van der Waals surface area contributed by atoms with Crippen LogP contribution in [0.3, 0.4) is 0 Å². The monoisotopic (exact) mass is 280 g/mol. The molecular weight excluding hydrogens is 248 g/mol. The first-order valence-electron chi connectivity index (χ1n) is 8.78. The van der Waals surface area contributed by atoms with Crippen LogP contribution < -0.4 is 5.32 Å². The number of amides is 1. The van der Waals surface area contributed by atoms with E-state index in [1.165, 1.54) is 44.9 Å². The molecule has 1 saturated carbocycles. The van der Waals surface area contributed by atoms with E-state index in [9.17, 15) is 4.79 Å². The Morgan fingerprint density at radius 3 is 2.40 bits per heavy atom. The van der Waals surface area contributed by atoms with Gasteiger partial charge in [0.1, 0.15) is 0 Å². The molecule has 1 N–H and O–H groups in total. The van der Waals surface area contributed by atoms with Crippen molar-refractivity contribution < 1.29 is 4.79 Å². The molecule has 2 rings (SSSR count). The molecule has 2 aliphatic rings. The largest absolute Gasteiger partial charge is 0.343 e. The van der Waals surface area contributed by atoms with Gasteiger partial charge >= 0.3 is 0 Å². The summed E-state index contributed by atoms with van der Waals surface area (Å²) in [5, 5.41) is 3.43. The minimum atomic E-state index is 0.414. The predicted molar refractivity (Wildman–Crippen MR) is 83.7 cm³/mol. The van der Waals surface area contributed by atoms with Gasteiger partial charge < -0.3 is 10.2 Å². The van der Waals surface area contributed by atoms with Crippen molar-refractivity contribution in [3.8, 4) is 0 Å². The Hall–Kier alpha value is -0.570. The average Bonchev–Trinajstić information content (AvgIpc) is 2.52. The molecular formula is C17H32N2O. The molecule has 0 aromatic heterocycles. The van der Waals surface area contributed by atoms with E-state index >= 15 is 0 Å². The lowest BCUT2D eigenvalue weighted by Gasteiger charge is -2.32. The van der Waals surface area contributed by atoms with Crippen molar-refractivity contribution in [3.05, 3.63) is 0 Å². The second kappa shape index (κ2) is 8.66. The molecule has 3 heteroatoms. The highest BCUT2D eigenvalue weighted by atomic mass is 16.2. The van der Waals surface area contributed by atoms with Gasteiger partial charge in [0.05, 0.1) is 0 Å². The first-order valence-corrected chi connectivity index (χ1v) is 8.78. The molecule has 0 aromatic carbocycles. The van der Waals surface area contributed by atoms with E-state index in [-0.39, 0.29) is 0 Å². The molecule has 0 bridgehead atoms. The molecule has 20 heavy (non-hydrogen) atoms. The maximum atomic E-state index is 12.3. The Balaban J connectivity index is 1.61. The van der Waals surface area contributed by atoms with Crippen LogP contribution in [0.2, 0.25) is 0 Å². The van der Waals surface area contributed by atoms with Gasteiger partial charge in [0.15, 0.2) is 0 Å². The van der Waals surface area contributed by atoms with Crippen molar-refractivity contribution in [3.63, 3.8) is 0 Å². The highest BCUT2D eigenvalue weighted by Crippen LogP contribution is 2.28. The van der Waals surface area contributed by atoms with Gasteiger partial charge in [-0.2, -0.15) is 0 Å². The highest BCUT2D eigenvalue weighted by Gasteiger charge is 2.23. The summed E-state index contributed by atoms with van der Waals surface area (Å²) in [6.45, 7) is 6.31. The number of carbonyl (C=O) groups excluding carboxylic acids is 1. The lowest BCUT2D eigenvalue weighted by atomic mass is 9.86. The third-order valence-electron chi connectivity index (χ3n) is 5.14. The molecule has 1 amide bonds. The third kappa shape index (κ3) is 5.08. The normalized spacial score (nSPS) is 22.1. The van der Waals surface area contributed by atoms with Crippen molar-refractivity contribution in [2.45, 2.75) is 64.7 Å². The van der Waals surface area contributed by atoms with Gasteiger partial charge in [-0.1, -0.05) is 39.0 Å². The highest BCUT2D eigenvalue weighted by molar-refractivity contribution is 5.76. The zero-order valence-corrected chi connectivity index (χ0v) is 13.2. The number of nitrogens with zero attached hydrogens (tertiary/aromatic N) is 1. The number of hydrogen-bond donors (Lipinski definition) is 1. The van der Waals surface area contributed by atoms with Gasteiger partial charge in [-0.25, -0.2) is 0 Å². The van der Waals surface area contributed by atoms with E-state index in [0.717, 1.165) is 50.9 Å². The van der Waals surface area contributed by atoms with E-state index in [2.05, 4.69) is 17.1 Å². The third-order valence-corrected chi connectivity index (χ3v) is 5.14. The molecule has 3 nitrogen and oxygen atoms in total. The van der Waals surface area contributed by atoms with Crippen LogP contribution in [0, 0.1) is 11.8 Å². The molecule has 116 valence electrons. The zero-order chi connectivity index (χ0) is 14.2. The maximum absolute atomic E-state index is 12.3. The first kappa shape index (κ1) is 15.8. The summed E-state index contributed by atoms with van der Waals surface area (Å²) >= 11 is 0. The fraction of sp³-hybridized carbons (Fsp3) is 0.941. The smallest absolute Gasteiger partial charge is 0.222 e. The quantitative estimate of drug-likeness (QED) is 0.810. The molecule has 0 unspecified atom stereocenters. The molecule has 1 aliphatic carbocycles. The summed E-state index contributed by atoms with van der Waals surface area (Å²) in [6, 6.07) is 0. The number of rotatable bonds is 6. The van der Waals surface area contributed by atoms with E-state index in [4.69, 9.17) is 0 Å². The van der Waals surface area contributed by atoms with Gasteiger partial charge in [0.2, 0.25) is 5.91 Å². The average molecular weight is 280 g/mol. The van der Waals surface area contributed by atoms with Crippen LogP contribution in [0.4, 0.5) is 0 Å². The summed E-state index contributed by atoms with van der Waals surface area (Å²) in [5.74, 6) is 2.02. The van der Waals surface area contributed by atoms with Crippen LogP contribution in [0.15, 0.2) is 0 Å². The number of likely N-dealkylation sites (tertiary alicyclic amines) is 1. The number of piperidine rings is 1. The number of carbonyl (C=O) groups is 1. The molecule has 1 heterocycles. The Bertz CT molecular complexity index is 279. The van der Waals surface area contributed by atoms with Gasteiger partial charge in [0, 0.05) is 19.5 Å². The topological polar surface area (TPSA) is 32.3 Å². The van der Waals surface area contributed by atoms with Crippen molar-refractivity contribution in [1.82, 2.24) is 10.2 Å². The molecule has 0 radical (unpaired) electrons. The standard InChI is InChI=1S/C17H32N2O/c1-2-18-14-16-10-12-19(13-11-16)17(20)9-8-15-6-4-3-5-7-15/h15-16,18H,2-14H2,1H3. The van der Waals surface area contributed by atoms with Crippen LogP contribution in [-0.2, 0) is 4.79 Å². The molecule has 1 saturated heterocycles. The fourth-order valence-corrected chi connectivity index (χ4v) is 3.70. The molecule has 1 aliphatic heterocycles. The Labute approximate surface area is 124 Å². The van der Waals surface area contributed by atoms with Crippen LogP contribution in [-0.4, -0.2) is 37.0 Å². The van der Waals surface area contributed by atoms with Crippen molar-refractivity contribution in [2.75, 3.05) is 26.2 Å². The van der Waals surface area contributed by atoms with E-state index in [1.54, 1.807) is 0 Å². The van der Waals surface area contributed by atoms with Crippen LogP contribution in [0.25, 0.3) is 0 Å².